The average molecular weight is 124 g/mol. The summed E-state index contributed by atoms with van der Waals surface area (Å²) in [6.45, 7) is 0. The summed E-state index contributed by atoms with van der Waals surface area (Å²) < 4.78 is 0. The quantitative estimate of drug-likeness (QED) is 0.465. The van der Waals surface area contributed by atoms with Crippen molar-refractivity contribution in [1.82, 2.24) is 0 Å². The summed E-state index contributed by atoms with van der Waals surface area (Å²) in [6.07, 6.45) is 10.7. The summed E-state index contributed by atoms with van der Waals surface area (Å²) in [7, 11) is 0. The van der Waals surface area contributed by atoms with Gasteiger partial charge in [-0.15, -0.1) is 0 Å². The molecule has 0 heteroatoms. The van der Waals surface area contributed by atoms with E-state index in [0.717, 1.165) is 0 Å². The lowest BCUT2D eigenvalue weighted by molar-refractivity contribution is 0.468. The van der Waals surface area contributed by atoms with Crippen molar-refractivity contribution < 1.29 is 0 Å². The van der Waals surface area contributed by atoms with E-state index in [-0.39, 0.29) is 0 Å². The Kier molecular flexibility index (Phi) is 1.48. The van der Waals surface area contributed by atoms with Crippen LogP contribution >= 0.6 is 0 Å². The van der Waals surface area contributed by atoms with Gasteiger partial charge in [-0.2, -0.15) is 0 Å². The van der Waals surface area contributed by atoms with Crippen molar-refractivity contribution in [2.75, 3.05) is 0 Å². The van der Waals surface area contributed by atoms with Crippen LogP contribution in [0.3, 0.4) is 0 Å². The molecule has 0 bridgehead atoms. The lowest BCUT2D eigenvalue weighted by atomic mass is 10.0. The van der Waals surface area contributed by atoms with E-state index in [1.54, 1.807) is 19.3 Å². The van der Waals surface area contributed by atoms with E-state index in [9.17, 15) is 0 Å². The van der Waals surface area contributed by atoms with Crippen LogP contribution in [-0.4, -0.2) is 0 Å². The van der Waals surface area contributed by atoms with E-state index in [0.29, 0.717) is 0 Å². The predicted octanol–water partition coefficient (Wildman–Crippen LogP) is 2.98. The van der Waals surface area contributed by atoms with Crippen LogP contribution in [0.5, 0.6) is 0 Å². The Morgan fingerprint density at radius 2 is 1.11 bits per heavy atom. The monoisotopic (exact) mass is 124 g/mol. The van der Waals surface area contributed by atoms with Gasteiger partial charge in [-0.3, -0.25) is 0 Å². The van der Waals surface area contributed by atoms with Crippen molar-refractivity contribution in [1.29, 1.82) is 0 Å². The van der Waals surface area contributed by atoms with Crippen LogP contribution in [0.25, 0.3) is 0 Å². The fraction of sp³-hybridized carbons (Fsp3) is 1.00. The van der Waals surface area contributed by atoms with Crippen molar-refractivity contribution in [3.63, 3.8) is 0 Å². The molecule has 0 saturated heterocycles. The Morgan fingerprint density at radius 1 is 0.667 bits per heavy atom. The first-order chi connectivity index (χ1) is 4.47. The molecular formula is C9H16. The summed E-state index contributed by atoms with van der Waals surface area (Å²) in [4.78, 5) is 0. The molecule has 2 atom stereocenters. The summed E-state index contributed by atoms with van der Waals surface area (Å²) in [5, 5.41) is 0. The number of hydrogen-bond acceptors (Lipinski definition) is 0. The first-order valence-corrected chi connectivity index (χ1v) is 4.47. The second-order valence-corrected chi connectivity index (χ2v) is 3.75. The zero-order chi connectivity index (χ0) is 6.10. The lowest BCUT2D eigenvalue weighted by Crippen LogP contribution is -1.93. The molecule has 0 aromatic heterocycles. The van der Waals surface area contributed by atoms with Crippen LogP contribution in [0.15, 0.2) is 0 Å². The molecule has 0 nitrogen and oxygen atoms in total. The van der Waals surface area contributed by atoms with Gasteiger partial charge in [-0.05, 0) is 31.1 Å². The predicted molar refractivity (Wildman–Crippen MR) is 39.3 cm³/mol. The molecule has 52 valence electrons. The van der Waals surface area contributed by atoms with Gasteiger partial charge in [-0.1, -0.05) is 25.7 Å². The minimum atomic E-state index is 1.23. The average Bonchev–Trinajstić information content (AvgIpc) is 2.06. The summed E-state index contributed by atoms with van der Waals surface area (Å²) in [6, 6.07) is 0. The van der Waals surface area contributed by atoms with Gasteiger partial charge in [0.2, 0.25) is 0 Å². The molecule has 9 heavy (non-hydrogen) atoms. The normalized spacial score (nSPS) is 42.7. The number of fused-ring (bicyclic) bond motifs is 1. The van der Waals surface area contributed by atoms with Gasteiger partial charge in [0.05, 0.1) is 0 Å². The van der Waals surface area contributed by atoms with E-state index in [1.807, 2.05) is 0 Å². The Balaban J connectivity index is 0.0000000767. The first kappa shape index (κ1) is 5.76. The third kappa shape index (κ3) is 1.28. The minimum Gasteiger partial charge on any atom is -0.0533 e. The molecule has 0 spiro atoms. The molecule has 0 radical (unpaired) electrons. The van der Waals surface area contributed by atoms with E-state index in [2.05, 4.69) is 0 Å². The van der Waals surface area contributed by atoms with Gasteiger partial charge in [0.25, 0.3) is 0 Å². The molecule has 0 N–H and O–H groups in total. The molecular weight excluding hydrogens is 108 g/mol. The number of hydrogen-bond donors (Lipinski definition) is 0. The molecule has 0 aliphatic heterocycles. The minimum absolute atomic E-state index is 1.23. The standard InChI is InChI=1S/C5H8.C4H8/c1-2-5-3-4(1)5;1-2-4-3-1/h4-5H,1-3H2;1-4H2. The Bertz CT molecular complexity index is 76.2. The van der Waals surface area contributed by atoms with Gasteiger partial charge < -0.3 is 0 Å². The highest BCUT2D eigenvalue weighted by molar-refractivity contribution is 4.95. The molecule has 3 saturated carbocycles. The summed E-state index contributed by atoms with van der Waals surface area (Å²) >= 11 is 0. The van der Waals surface area contributed by atoms with E-state index in [4.69, 9.17) is 0 Å². The van der Waals surface area contributed by atoms with Gasteiger partial charge >= 0.3 is 0 Å². The maximum Gasteiger partial charge on any atom is -0.0383 e. The zero-order valence-electron chi connectivity index (χ0n) is 6.10. The van der Waals surface area contributed by atoms with Gasteiger partial charge in [0.15, 0.2) is 0 Å². The van der Waals surface area contributed by atoms with Gasteiger partial charge in [-0.25, -0.2) is 0 Å². The maximum atomic E-state index is 1.58. The third-order valence-electron chi connectivity index (χ3n) is 2.98. The second-order valence-electron chi connectivity index (χ2n) is 3.75. The molecule has 2 unspecified atom stereocenters. The van der Waals surface area contributed by atoms with Crippen molar-refractivity contribution in [3.8, 4) is 0 Å². The summed E-state index contributed by atoms with van der Waals surface area (Å²) in [5.74, 6) is 2.46. The van der Waals surface area contributed by atoms with Crippen molar-refractivity contribution in [3.05, 3.63) is 0 Å². The van der Waals surface area contributed by atoms with E-state index >= 15 is 0 Å². The van der Waals surface area contributed by atoms with E-state index in [1.165, 1.54) is 37.5 Å². The molecule has 0 heterocycles. The molecule has 0 amide bonds. The highest BCUT2D eigenvalue weighted by Gasteiger charge is 2.44. The van der Waals surface area contributed by atoms with Crippen LogP contribution in [0.4, 0.5) is 0 Å². The Labute approximate surface area is 57.6 Å². The zero-order valence-corrected chi connectivity index (χ0v) is 6.10. The van der Waals surface area contributed by atoms with Crippen molar-refractivity contribution in [2.45, 2.75) is 44.9 Å². The molecule has 3 fully saturated rings. The first-order valence-electron chi connectivity index (χ1n) is 4.47. The molecule has 0 aromatic carbocycles. The molecule has 0 aromatic rings. The van der Waals surface area contributed by atoms with Crippen LogP contribution in [0.1, 0.15) is 44.9 Å². The van der Waals surface area contributed by atoms with Crippen molar-refractivity contribution >= 4 is 0 Å². The van der Waals surface area contributed by atoms with Crippen LogP contribution in [-0.2, 0) is 0 Å². The third-order valence-corrected chi connectivity index (χ3v) is 2.98. The van der Waals surface area contributed by atoms with Gasteiger partial charge in [0, 0.05) is 0 Å². The fourth-order valence-electron chi connectivity index (χ4n) is 1.43. The highest BCUT2D eigenvalue weighted by atomic mass is 14.5. The van der Waals surface area contributed by atoms with Crippen LogP contribution < -0.4 is 0 Å². The Morgan fingerprint density at radius 3 is 1.11 bits per heavy atom. The van der Waals surface area contributed by atoms with Crippen LogP contribution in [0.2, 0.25) is 0 Å². The van der Waals surface area contributed by atoms with Gasteiger partial charge in [0.1, 0.15) is 0 Å². The van der Waals surface area contributed by atoms with Crippen LogP contribution in [0, 0.1) is 11.8 Å². The largest absolute Gasteiger partial charge is 0.0533 e. The maximum absolute atomic E-state index is 1.58. The van der Waals surface area contributed by atoms with E-state index < -0.39 is 0 Å². The fourth-order valence-corrected chi connectivity index (χ4v) is 1.43. The highest BCUT2D eigenvalue weighted by Crippen LogP contribution is 2.55. The number of rotatable bonds is 0. The molecule has 3 rings (SSSR count). The smallest absolute Gasteiger partial charge is 0.0383 e. The van der Waals surface area contributed by atoms with Crippen molar-refractivity contribution in [2.24, 2.45) is 11.8 Å². The lowest BCUT2D eigenvalue weighted by Gasteiger charge is -2.05. The Hall–Kier alpha value is 0. The summed E-state index contributed by atoms with van der Waals surface area (Å²) in [5.41, 5.74) is 0. The second kappa shape index (κ2) is 2.32. The molecule has 3 aliphatic carbocycles. The molecule has 3 aliphatic rings. The SMILES string of the molecule is C1CC2CC12.C1CCC1. The topological polar surface area (TPSA) is 0 Å².